The number of aryl methyl sites for hydroxylation is 1. The first-order chi connectivity index (χ1) is 15.8. The number of carbonyl (C=O) groups excluding carboxylic acids is 1. The van der Waals surface area contributed by atoms with E-state index in [2.05, 4.69) is 10.2 Å². The van der Waals surface area contributed by atoms with Crippen molar-refractivity contribution < 1.29 is 22.7 Å². The van der Waals surface area contributed by atoms with E-state index >= 15 is 0 Å². The number of halogens is 2. The van der Waals surface area contributed by atoms with E-state index in [-0.39, 0.29) is 34.3 Å². The molecule has 0 bridgehead atoms. The van der Waals surface area contributed by atoms with Gasteiger partial charge in [0.1, 0.15) is 17.4 Å². The van der Waals surface area contributed by atoms with Crippen LogP contribution in [0.25, 0.3) is 5.69 Å². The van der Waals surface area contributed by atoms with E-state index in [1.165, 1.54) is 36.4 Å². The molecule has 0 saturated carbocycles. The Morgan fingerprint density at radius 3 is 2.58 bits per heavy atom. The fourth-order valence-electron chi connectivity index (χ4n) is 3.47. The van der Waals surface area contributed by atoms with Crippen LogP contribution in [-0.2, 0) is 0 Å². The normalized spacial score (nSPS) is 12.0. The Bertz CT molecular complexity index is 1280. The lowest BCUT2D eigenvalue weighted by Gasteiger charge is -2.10. The average Bonchev–Trinajstić information content (AvgIpc) is 3.38. The van der Waals surface area contributed by atoms with E-state index < -0.39 is 6.10 Å². The summed E-state index contributed by atoms with van der Waals surface area (Å²) >= 11 is 1.13. The summed E-state index contributed by atoms with van der Waals surface area (Å²) < 4.78 is 39.8. The van der Waals surface area contributed by atoms with Crippen LogP contribution in [0.3, 0.4) is 0 Å². The third kappa shape index (κ3) is 5.14. The van der Waals surface area contributed by atoms with Gasteiger partial charge in [0.2, 0.25) is 0 Å². The molecule has 9 heteroatoms. The number of Topliss-reactive ketones (excluding diaryl/α,β-unsaturated/α-hetero) is 1. The highest BCUT2D eigenvalue weighted by molar-refractivity contribution is 7.99. The molecule has 0 N–H and O–H groups in total. The van der Waals surface area contributed by atoms with Crippen LogP contribution < -0.4 is 4.74 Å². The summed E-state index contributed by atoms with van der Waals surface area (Å²) in [6, 6.07) is 13.6. The highest BCUT2D eigenvalue weighted by Crippen LogP contribution is 2.26. The number of rotatable bonds is 8. The van der Waals surface area contributed by atoms with Crippen molar-refractivity contribution in [2.75, 3.05) is 5.75 Å². The first-order valence-corrected chi connectivity index (χ1v) is 11.2. The van der Waals surface area contributed by atoms with Gasteiger partial charge < -0.3 is 13.7 Å². The van der Waals surface area contributed by atoms with Crippen molar-refractivity contribution in [3.8, 4) is 11.4 Å². The lowest BCUT2D eigenvalue weighted by atomic mass is 10.2. The van der Waals surface area contributed by atoms with Crippen LogP contribution in [0.4, 0.5) is 8.78 Å². The van der Waals surface area contributed by atoms with Crippen LogP contribution in [0.15, 0.2) is 64.2 Å². The molecule has 2 aromatic carbocycles. The monoisotopic (exact) mass is 469 g/mol. The highest BCUT2D eigenvalue weighted by Gasteiger charge is 2.20. The number of ketones is 1. The molecule has 1 atom stereocenters. The summed E-state index contributed by atoms with van der Waals surface area (Å²) in [6.45, 7) is 5.43. The fraction of sp³-hybridized carbons (Fsp3) is 0.208. The first kappa shape index (κ1) is 22.7. The molecule has 33 heavy (non-hydrogen) atoms. The summed E-state index contributed by atoms with van der Waals surface area (Å²) in [5.74, 6) is 0.0216. The summed E-state index contributed by atoms with van der Waals surface area (Å²) in [4.78, 5) is 12.9. The van der Waals surface area contributed by atoms with E-state index in [4.69, 9.17) is 9.15 Å². The predicted octanol–water partition coefficient (Wildman–Crippen LogP) is 5.87. The Hall–Kier alpha value is -3.46. The Labute approximate surface area is 193 Å². The number of thioether (sulfide) groups is 1. The number of aromatic nitrogens is 3. The zero-order valence-corrected chi connectivity index (χ0v) is 19.0. The summed E-state index contributed by atoms with van der Waals surface area (Å²) in [5, 5.41) is 8.19. The van der Waals surface area contributed by atoms with Crippen molar-refractivity contribution in [3.63, 3.8) is 0 Å². The van der Waals surface area contributed by atoms with E-state index in [1.54, 1.807) is 25.1 Å². The molecular weight excluding hydrogens is 448 g/mol. The number of nitrogens with zero attached hydrogens (tertiary/aromatic N) is 3. The van der Waals surface area contributed by atoms with Gasteiger partial charge in [-0.3, -0.25) is 4.79 Å². The van der Waals surface area contributed by atoms with Crippen LogP contribution in [0, 0.1) is 25.5 Å². The number of ether oxygens (including phenoxy) is 1. The molecule has 0 aliphatic rings. The Morgan fingerprint density at radius 2 is 1.85 bits per heavy atom. The smallest absolute Gasteiger partial charge is 0.277 e. The van der Waals surface area contributed by atoms with E-state index in [0.29, 0.717) is 17.0 Å². The van der Waals surface area contributed by atoms with E-state index in [0.717, 1.165) is 23.1 Å². The van der Waals surface area contributed by atoms with Gasteiger partial charge in [-0.2, -0.15) is 0 Å². The summed E-state index contributed by atoms with van der Waals surface area (Å²) in [7, 11) is 0. The third-order valence-electron chi connectivity index (χ3n) is 5.02. The Morgan fingerprint density at radius 1 is 1.09 bits per heavy atom. The molecule has 170 valence electrons. The zero-order chi connectivity index (χ0) is 23.5. The number of hydrogen-bond donors (Lipinski definition) is 0. The lowest BCUT2D eigenvalue weighted by Crippen LogP contribution is -2.05. The van der Waals surface area contributed by atoms with Crippen molar-refractivity contribution in [2.45, 2.75) is 32.1 Å². The molecule has 6 nitrogen and oxygen atoms in total. The highest BCUT2D eigenvalue weighted by atomic mass is 32.2. The molecule has 0 radical (unpaired) electrons. The Balaban J connectivity index is 1.41. The standard InChI is InChI=1S/C24H21F2N3O3S/c1-14-11-21(15(2)29(14)19-6-4-5-18(26)12-19)22(30)13-33-24-28-27-23(32-24)16(3)31-20-9-7-17(25)8-10-20/h4-12,16H,13H2,1-3H3. The quantitative estimate of drug-likeness (QED) is 0.237. The van der Waals surface area contributed by atoms with Gasteiger partial charge >= 0.3 is 0 Å². The van der Waals surface area contributed by atoms with Crippen molar-refractivity contribution in [3.05, 3.63) is 89.1 Å². The SMILES string of the molecule is Cc1cc(C(=O)CSc2nnc(C(C)Oc3ccc(F)cc3)o2)c(C)n1-c1cccc(F)c1. The molecule has 0 aliphatic carbocycles. The topological polar surface area (TPSA) is 70.2 Å². The van der Waals surface area contributed by atoms with Crippen LogP contribution in [0.1, 0.15) is 40.7 Å². The van der Waals surface area contributed by atoms with Crippen molar-refractivity contribution in [1.82, 2.24) is 14.8 Å². The largest absolute Gasteiger partial charge is 0.481 e. The number of carbonyl (C=O) groups is 1. The average molecular weight is 470 g/mol. The van der Waals surface area contributed by atoms with Crippen molar-refractivity contribution in [2.24, 2.45) is 0 Å². The van der Waals surface area contributed by atoms with E-state index in [9.17, 15) is 13.6 Å². The maximum absolute atomic E-state index is 13.7. The number of hydrogen-bond acceptors (Lipinski definition) is 6. The van der Waals surface area contributed by atoms with Crippen molar-refractivity contribution >= 4 is 17.5 Å². The summed E-state index contributed by atoms with van der Waals surface area (Å²) in [6.07, 6.45) is -0.543. The van der Waals surface area contributed by atoms with Gasteiger partial charge in [0, 0.05) is 22.6 Å². The third-order valence-corrected chi connectivity index (χ3v) is 5.84. The van der Waals surface area contributed by atoms with Gasteiger partial charge in [0.15, 0.2) is 11.9 Å². The van der Waals surface area contributed by atoms with Gasteiger partial charge in [0.05, 0.1) is 5.75 Å². The van der Waals surface area contributed by atoms with Crippen LogP contribution in [-0.4, -0.2) is 26.3 Å². The van der Waals surface area contributed by atoms with Gasteiger partial charge in [-0.05, 0) is 69.3 Å². The second-order valence-corrected chi connectivity index (χ2v) is 8.36. The predicted molar refractivity (Wildman–Crippen MR) is 120 cm³/mol. The fourth-order valence-corrected chi connectivity index (χ4v) is 4.13. The van der Waals surface area contributed by atoms with Crippen molar-refractivity contribution in [1.29, 1.82) is 0 Å². The number of benzene rings is 2. The molecule has 0 amide bonds. The molecule has 2 aromatic heterocycles. The van der Waals surface area contributed by atoms with Crippen LogP contribution >= 0.6 is 11.8 Å². The molecular formula is C24H21F2N3O3S. The minimum absolute atomic E-state index is 0.0995. The van der Waals surface area contributed by atoms with Gasteiger partial charge in [-0.1, -0.05) is 17.8 Å². The molecule has 0 aliphatic heterocycles. The maximum atomic E-state index is 13.7. The molecule has 0 spiro atoms. The first-order valence-electron chi connectivity index (χ1n) is 10.2. The van der Waals surface area contributed by atoms with Gasteiger partial charge in [0.25, 0.3) is 11.1 Å². The minimum Gasteiger partial charge on any atom is -0.481 e. The zero-order valence-electron chi connectivity index (χ0n) is 18.2. The molecule has 1 unspecified atom stereocenters. The second-order valence-electron chi connectivity index (χ2n) is 7.43. The maximum Gasteiger partial charge on any atom is 0.277 e. The summed E-state index contributed by atoms with van der Waals surface area (Å²) in [5.41, 5.74) is 2.78. The Kier molecular flexibility index (Phi) is 6.60. The van der Waals surface area contributed by atoms with E-state index in [1.807, 2.05) is 18.4 Å². The van der Waals surface area contributed by atoms with Gasteiger partial charge in [-0.25, -0.2) is 8.78 Å². The molecule has 0 fully saturated rings. The lowest BCUT2D eigenvalue weighted by molar-refractivity contribution is 0.102. The van der Waals surface area contributed by atoms with Crippen LogP contribution in [0.2, 0.25) is 0 Å². The molecule has 2 heterocycles. The minimum atomic E-state index is -0.543. The second kappa shape index (κ2) is 9.58. The van der Waals surface area contributed by atoms with Gasteiger partial charge in [-0.15, -0.1) is 10.2 Å². The van der Waals surface area contributed by atoms with Crippen LogP contribution in [0.5, 0.6) is 5.75 Å². The molecule has 4 rings (SSSR count). The molecule has 4 aromatic rings. The molecule has 0 saturated heterocycles.